The number of ether oxygens (including phenoxy) is 1. The van der Waals surface area contributed by atoms with E-state index in [2.05, 4.69) is 0 Å². The zero-order chi connectivity index (χ0) is 14.6. The van der Waals surface area contributed by atoms with E-state index in [1.807, 2.05) is 49.4 Å². The monoisotopic (exact) mass is 273 g/mol. The molecule has 1 aromatic rings. The van der Waals surface area contributed by atoms with Gasteiger partial charge in [0.15, 0.2) is 5.60 Å². The van der Waals surface area contributed by atoms with E-state index in [0.29, 0.717) is 6.42 Å². The van der Waals surface area contributed by atoms with Crippen molar-refractivity contribution in [2.75, 3.05) is 7.11 Å². The highest BCUT2D eigenvalue weighted by atomic mass is 16.6. The summed E-state index contributed by atoms with van der Waals surface area (Å²) in [4.78, 5) is 11.2. The first-order valence-corrected chi connectivity index (χ1v) is 6.78. The zero-order valence-electron chi connectivity index (χ0n) is 11.8. The molecule has 0 aromatic heterocycles. The minimum atomic E-state index is -0.854. The molecule has 0 saturated heterocycles. The molecule has 20 heavy (non-hydrogen) atoms. The lowest BCUT2D eigenvalue weighted by atomic mass is 9.82. The van der Waals surface area contributed by atoms with Gasteiger partial charge in [-0.05, 0) is 23.6 Å². The molecule has 2 unspecified atom stereocenters. The smallest absolute Gasteiger partial charge is 0.264 e. The van der Waals surface area contributed by atoms with Gasteiger partial charge in [-0.3, -0.25) is 10.1 Å². The summed E-state index contributed by atoms with van der Waals surface area (Å²) in [6.07, 6.45) is 6.93. The van der Waals surface area contributed by atoms with Crippen LogP contribution >= 0.6 is 0 Å². The van der Waals surface area contributed by atoms with Crippen LogP contribution in [0.5, 0.6) is 0 Å². The van der Waals surface area contributed by atoms with Gasteiger partial charge >= 0.3 is 0 Å². The molecule has 0 radical (unpaired) electrons. The highest BCUT2D eigenvalue weighted by Gasteiger charge is 2.45. The molecule has 0 fully saturated rings. The number of allylic oxidation sites excluding steroid dienone is 2. The molecule has 2 rings (SSSR count). The molecule has 4 heteroatoms. The number of hydrogen-bond acceptors (Lipinski definition) is 3. The lowest BCUT2D eigenvalue weighted by Crippen LogP contribution is -2.47. The summed E-state index contributed by atoms with van der Waals surface area (Å²) in [5, 5.41) is 11.4. The molecule has 2 atom stereocenters. The topological polar surface area (TPSA) is 52.4 Å². The van der Waals surface area contributed by atoms with Crippen molar-refractivity contribution in [2.24, 2.45) is 0 Å². The van der Waals surface area contributed by atoms with Gasteiger partial charge < -0.3 is 4.74 Å². The van der Waals surface area contributed by atoms with Gasteiger partial charge in [0.1, 0.15) is 0 Å². The van der Waals surface area contributed by atoms with Crippen LogP contribution in [0.25, 0.3) is 5.57 Å². The van der Waals surface area contributed by atoms with E-state index in [0.717, 1.165) is 17.6 Å². The second kappa shape index (κ2) is 6.01. The van der Waals surface area contributed by atoms with Crippen LogP contribution in [0.3, 0.4) is 0 Å². The molecule has 0 saturated carbocycles. The van der Waals surface area contributed by atoms with Gasteiger partial charge in [-0.25, -0.2) is 0 Å². The Labute approximate surface area is 118 Å². The van der Waals surface area contributed by atoms with Gasteiger partial charge in [-0.15, -0.1) is 0 Å². The predicted molar refractivity (Wildman–Crippen MR) is 79.0 cm³/mol. The second-order valence-corrected chi connectivity index (χ2v) is 4.96. The first kappa shape index (κ1) is 14.5. The van der Waals surface area contributed by atoms with Gasteiger partial charge in [0.2, 0.25) is 0 Å². The van der Waals surface area contributed by atoms with Gasteiger partial charge in [-0.2, -0.15) is 0 Å². The third-order valence-corrected chi connectivity index (χ3v) is 3.74. The molecule has 0 N–H and O–H groups in total. The molecule has 1 aliphatic carbocycles. The van der Waals surface area contributed by atoms with Gasteiger partial charge in [0, 0.05) is 18.1 Å². The number of benzene rings is 1. The zero-order valence-corrected chi connectivity index (χ0v) is 11.8. The first-order chi connectivity index (χ1) is 9.63. The normalized spacial score (nSPS) is 25.3. The first-order valence-electron chi connectivity index (χ1n) is 6.78. The molecule has 0 aliphatic heterocycles. The Bertz CT molecular complexity index is 536. The number of nitro groups is 1. The van der Waals surface area contributed by atoms with Crippen molar-refractivity contribution < 1.29 is 9.66 Å². The van der Waals surface area contributed by atoms with Crippen LogP contribution in [0.1, 0.15) is 25.3 Å². The number of rotatable bonds is 5. The van der Waals surface area contributed by atoms with Crippen molar-refractivity contribution in [1.29, 1.82) is 0 Å². The van der Waals surface area contributed by atoms with E-state index in [1.165, 1.54) is 7.11 Å². The summed E-state index contributed by atoms with van der Waals surface area (Å²) in [7, 11) is 1.54. The van der Waals surface area contributed by atoms with Crippen molar-refractivity contribution in [3.05, 3.63) is 64.2 Å². The van der Waals surface area contributed by atoms with Crippen molar-refractivity contribution in [3.8, 4) is 0 Å². The Morgan fingerprint density at radius 3 is 2.60 bits per heavy atom. The van der Waals surface area contributed by atoms with E-state index < -0.39 is 11.6 Å². The second-order valence-electron chi connectivity index (χ2n) is 4.96. The number of hydrogen-bond donors (Lipinski definition) is 0. The van der Waals surface area contributed by atoms with Crippen LogP contribution < -0.4 is 0 Å². The van der Waals surface area contributed by atoms with E-state index in [1.54, 1.807) is 6.08 Å². The van der Waals surface area contributed by atoms with Crippen molar-refractivity contribution in [2.45, 2.75) is 31.4 Å². The van der Waals surface area contributed by atoms with E-state index >= 15 is 0 Å². The van der Waals surface area contributed by atoms with E-state index in [9.17, 15) is 10.1 Å². The quantitative estimate of drug-likeness (QED) is 0.609. The largest absolute Gasteiger partial charge is 0.367 e. The maximum atomic E-state index is 11.4. The van der Waals surface area contributed by atoms with Crippen molar-refractivity contribution in [1.82, 2.24) is 0 Å². The Morgan fingerprint density at radius 1 is 1.35 bits per heavy atom. The van der Waals surface area contributed by atoms with Crippen LogP contribution in [0.4, 0.5) is 0 Å². The molecular formula is C16H19NO3. The Hall–Kier alpha value is -1.94. The van der Waals surface area contributed by atoms with Crippen LogP contribution in [-0.2, 0) is 4.74 Å². The molecule has 0 bridgehead atoms. The molecule has 1 aromatic carbocycles. The fourth-order valence-corrected chi connectivity index (χ4v) is 2.67. The van der Waals surface area contributed by atoms with Crippen LogP contribution in [0.2, 0.25) is 0 Å². The summed E-state index contributed by atoms with van der Waals surface area (Å²) in [5.41, 5.74) is 1.02. The molecule has 1 aliphatic rings. The summed E-state index contributed by atoms with van der Waals surface area (Å²) in [6.45, 7) is 2.00. The highest BCUT2D eigenvalue weighted by molar-refractivity contribution is 5.76. The highest BCUT2D eigenvalue weighted by Crippen LogP contribution is 2.34. The van der Waals surface area contributed by atoms with Crippen molar-refractivity contribution in [3.63, 3.8) is 0 Å². The van der Waals surface area contributed by atoms with Crippen LogP contribution in [0, 0.1) is 10.1 Å². The summed E-state index contributed by atoms with van der Waals surface area (Å²) < 4.78 is 5.50. The van der Waals surface area contributed by atoms with E-state index in [4.69, 9.17) is 4.74 Å². The lowest BCUT2D eigenvalue weighted by molar-refractivity contribution is -0.529. The number of methoxy groups -OCH3 is 1. The molecule has 0 amide bonds. The third kappa shape index (κ3) is 2.65. The van der Waals surface area contributed by atoms with Gasteiger partial charge in [-0.1, -0.05) is 49.8 Å². The molecule has 0 spiro atoms. The lowest BCUT2D eigenvalue weighted by Gasteiger charge is -2.32. The average Bonchev–Trinajstić information content (AvgIpc) is 2.48. The van der Waals surface area contributed by atoms with E-state index in [-0.39, 0.29) is 4.92 Å². The fraction of sp³-hybridized carbons (Fsp3) is 0.375. The van der Waals surface area contributed by atoms with Crippen LogP contribution in [0.15, 0.2) is 48.6 Å². The van der Waals surface area contributed by atoms with Gasteiger partial charge in [0.25, 0.3) is 6.04 Å². The van der Waals surface area contributed by atoms with Crippen LogP contribution in [-0.4, -0.2) is 23.7 Å². The number of nitrogens with zero attached hydrogens (tertiary/aromatic N) is 1. The predicted octanol–water partition coefficient (Wildman–Crippen LogP) is 3.47. The molecule has 0 heterocycles. The SMILES string of the molecule is CCCC1(OC)C=CC(c2ccccc2)=CC1[N+](=O)[O-]. The average molecular weight is 273 g/mol. The maximum absolute atomic E-state index is 11.4. The summed E-state index contributed by atoms with van der Waals surface area (Å²) >= 11 is 0. The Balaban J connectivity index is 2.40. The fourth-order valence-electron chi connectivity index (χ4n) is 2.67. The maximum Gasteiger partial charge on any atom is 0.264 e. The minimum absolute atomic E-state index is 0.258. The molecular weight excluding hydrogens is 254 g/mol. The standard InChI is InChI=1S/C16H19NO3/c1-3-10-16(20-2)11-9-14(12-15(16)17(18)19)13-7-5-4-6-8-13/h4-9,11-12,15H,3,10H2,1-2H3. The molecule has 106 valence electrons. The minimum Gasteiger partial charge on any atom is -0.367 e. The third-order valence-electron chi connectivity index (χ3n) is 3.74. The Kier molecular flexibility index (Phi) is 4.35. The summed E-state index contributed by atoms with van der Waals surface area (Å²) in [6, 6.07) is 8.83. The molecule has 4 nitrogen and oxygen atoms in total. The summed E-state index contributed by atoms with van der Waals surface area (Å²) in [5.74, 6) is 0. The Morgan fingerprint density at radius 2 is 2.05 bits per heavy atom. The van der Waals surface area contributed by atoms with Crippen molar-refractivity contribution >= 4 is 5.57 Å². The van der Waals surface area contributed by atoms with Gasteiger partial charge in [0.05, 0.1) is 0 Å².